The molecule has 146 valence electrons. The molecule has 1 aliphatic heterocycles. The minimum atomic E-state index is -0.763. The van der Waals surface area contributed by atoms with Crippen molar-refractivity contribution in [3.63, 3.8) is 0 Å². The Hall–Kier alpha value is -2.80. The average molecular weight is 380 g/mol. The highest BCUT2D eigenvalue weighted by Crippen LogP contribution is 2.39. The van der Waals surface area contributed by atoms with Gasteiger partial charge in [-0.2, -0.15) is 0 Å². The predicted molar refractivity (Wildman–Crippen MR) is 102 cm³/mol. The van der Waals surface area contributed by atoms with Gasteiger partial charge in [-0.3, -0.25) is 19.6 Å². The Morgan fingerprint density at radius 3 is 2.82 bits per heavy atom. The molecule has 7 heteroatoms. The van der Waals surface area contributed by atoms with Gasteiger partial charge in [-0.15, -0.1) is 0 Å². The fourth-order valence-corrected chi connectivity index (χ4v) is 3.71. The smallest absolute Gasteiger partial charge is 0.251 e. The van der Waals surface area contributed by atoms with Gasteiger partial charge in [-0.1, -0.05) is 6.07 Å². The van der Waals surface area contributed by atoms with Crippen LogP contribution in [0.4, 0.5) is 0 Å². The number of carbonyl (C=O) groups excluding carboxylic acids is 2. The van der Waals surface area contributed by atoms with E-state index >= 15 is 0 Å². The van der Waals surface area contributed by atoms with E-state index in [1.807, 2.05) is 36.9 Å². The molecule has 1 saturated heterocycles. The van der Waals surface area contributed by atoms with Gasteiger partial charge >= 0.3 is 0 Å². The lowest BCUT2D eigenvalue weighted by molar-refractivity contribution is -0.165. The first kappa shape index (κ1) is 18.6. The summed E-state index contributed by atoms with van der Waals surface area (Å²) >= 11 is 0. The van der Waals surface area contributed by atoms with Crippen LogP contribution in [0.3, 0.4) is 0 Å². The zero-order valence-corrected chi connectivity index (χ0v) is 16.1. The van der Waals surface area contributed by atoms with E-state index in [0.29, 0.717) is 6.54 Å². The zero-order chi connectivity index (χ0) is 19.7. The molecule has 2 aromatic heterocycles. The van der Waals surface area contributed by atoms with Crippen molar-refractivity contribution in [2.24, 2.45) is 0 Å². The summed E-state index contributed by atoms with van der Waals surface area (Å²) in [5.74, 6) is -0.300. The maximum absolute atomic E-state index is 13.0. The van der Waals surface area contributed by atoms with Crippen molar-refractivity contribution in [3.8, 4) is 0 Å². The highest BCUT2D eigenvalue weighted by Gasteiger charge is 2.47. The molecule has 2 aromatic rings. The summed E-state index contributed by atoms with van der Waals surface area (Å²) in [6, 6.07) is 5.42. The van der Waals surface area contributed by atoms with E-state index in [1.165, 1.54) is 0 Å². The molecule has 1 N–H and O–H groups in total. The summed E-state index contributed by atoms with van der Waals surface area (Å²) in [6.45, 7) is 4.23. The molecule has 0 spiro atoms. The number of aromatic nitrogens is 2. The van der Waals surface area contributed by atoms with Gasteiger partial charge in [-0.05, 0) is 55.5 Å². The molecule has 0 bridgehead atoms. The van der Waals surface area contributed by atoms with E-state index in [-0.39, 0.29) is 24.5 Å². The van der Waals surface area contributed by atoms with Crippen molar-refractivity contribution < 1.29 is 14.3 Å². The van der Waals surface area contributed by atoms with Crippen LogP contribution < -0.4 is 5.32 Å². The number of carbonyl (C=O) groups is 2. The van der Waals surface area contributed by atoms with Gasteiger partial charge in [-0.25, -0.2) is 0 Å². The van der Waals surface area contributed by atoms with E-state index in [2.05, 4.69) is 15.3 Å². The third-order valence-electron chi connectivity index (χ3n) is 5.29. The molecular weight excluding hydrogens is 356 g/mol. The summed E-state index contributed by atoms with van der Waals surface area (Å²) in [6.07, 6.45) is 6.33. The number of nitrogens with zero attached hydrogens (tertiary/aromatic N) is 3. The third-order valence-corrected chi connectivity index (χ3v) is 5.29. The van der Waals surface area contributed by atoms with Crippen molar-refractivity contribution in [1.82, 2.24) is 20.2 Å². The molecule has 1 aliphatic carbocycles. The Balaban J connectivity index is 1.55. The fraction of sp³-hybridized carbons (Fsp3) is 0.429. The van der Waals surface area contributed by atoms with Gasteiger partial charge in [0.15, 0.2) is 6.10 Å². The molecule has 7 nitrogen and oxygen atoms in total. The number of hydrogen-bond acceptors (Lipinski definition) is 5. The fourth-order valence-electron chi connectivity index (χ4n) is 3.71. The second-order valence-corrected chi connectivity index (χ2v) is 7.46. The van der Waals surface area contributed by atoms with Crippen molar-refractivity contribution in [2.75, 3.05) is 6.61 Å². The predicted octanol–water partition coefficient (Wildman–Crippen LogP) is 1.84. The number of ether oxygens (including phenoxy) is 1. The molecule has 0 unspecified atom stereocenters. The lowest BCUT2D eigenvalue weighted by Gasteiger charge is -2.40. The van der Waals surface area contributed by atoms with E-state index in [0.717, 1.165) is 35.2 Å². The lowest BCUT2D eigenvalue weighted by atomic mass is 9.98. The standard InChI is InChI=1S/C21H24N4O3/c1-13-8-14(2)23-10-16(13)11-24-21(27)20-19(15-4-3-7-22-9-15)25(17-5-6-17)18(26)12-28-20/h3-4,7-10,17,19-20H,5-6,11-12H2,1-2H3,(H,24,27)/t19-,20+/m1/s1. The number of nitrogens with one attached hydrogen (secondary N) is 1. The van der Waals surface area contributed by atoms with Gasteiger partial charge in [0.1, 0.15) is 6.61 Å². The molecule has 2 fully saturated rings. The van der Waals surface area contributed by atoms with Crippen LogP contribution in [0.25, 0.3) is 0 Å². The number of pyridine rings is 2. The van der Waals surface area contributed by atoms with E-state index in [9.17, 15) is 9.59 Å². The van der Waals surface area contributed by atoms with Crippen LogP contribution in [0, 0.1) is 13.8 Å². The average Bonchev–Trinajstić information content (AvgIpc) is 3.52. The van der Waals surface area contributed by atoms with Gasteiger partial charge in [0.2, 0.25) is 5.91 Å². The van der Waals surface area contributed by atoms with Gasteiger partial charge < -0.3 is 15.0 Å². The monoisotopic (exact) mass is 380 g/mol. The summed E-state index contributed by atoms with van der Waals surface area (Å²) in [5.41, 5.74) is 3.80. The summed E-state index contributed by atoms with van der Waals surface area (Å²) in [4.78, 5) is 35.8. The molecule has 3 heterocycles. The van der Waals surface area contributed by atoms with E-state index < -0.39 is 12.1 Å². The first-order valence-corrected chi connectivity index (χ1v) is 9.57. The third kappa shape index (κ3) is 3.75. The zero-order valence-electron chi connectivity index (χ0n) is 16.1. The molecule has 0 aromatic carbocycles. The normalized spacial score (nSPS) is 22.2. The van der Waals surface area contributed by atoms with Gasteiger partial charge in [0.05, 0.1) is 6.04 Å². The number of amides is 2. The topological polar surface area (TPSA) is 84.4 Å². The number of morpholine rings is 1. The van der Waals surface area contributed by atoms with Crippen LogP contribution in [0.15, 0.2) is 36.8 Å². The number of hydrogen-bond donors (Lipinski definition) is 1. The second-order valence-electron chi connectivity index (χ2n) is 7.46. The van der Waals surface area contributed by atoms with Crippen LogP contribution in [0.5, 0.6) is 0 Å². The Bertz CT molecular complexity index is 882. The molecular formula is C21H24N4O3. The summed E-state index contributed by atoms with van der Waals surface area (Å²) in [7, 11) is 0. The Kier molecular flexibility index (Phi) is 5.09. The van der Waals surface area contributed by atoms with E-state index in [4.69, 9.17) is 4.74 Å². The lowest BCUT2D eigenvalue weighted by Crippen LogP contribution is -2.55. The summed E-state index contributed by atoms with van der Waals surface area (Å²) in [5, 5.41) is 2.96. The largest absolute Gasteiger partial charge is 0.356 e. The van der Waals surface area contributed by atoms with Crippen LogP contribution in [0.1, 0.15) is 41.3 Å². The second kappa shape index (κ2) is 7.67. The first-order chi connectivity index (χ1) is 13.5. The minimum absolute atomic E-state index is 0.0704. The highest BCUT2D eigenvalue weighted by atomic mass is 16.5. The SMILES string of the molecule is Cc1cc(C)c(CNC(=O)[C@H]2OCC(=O)N(C3CC3)[C@@H]2c2cccnc2)cn1. The summed E-state index contributed by atoms with van der Waals surface area (Å²) < 4.78 is 5.72. The quantitative estimate of drug-likeness (QED) is 0.856. The van der Waals surface area contributed by atoms with Crippen LogP contribution in [0.2, 0.25) is 0 Å². The van der Waals surface area contributed by atoms with Crippen molar-refractivity contribution in [2.45, 2.75) is 51.4 Å². The number of rotatable bonds is 5. The molecule has 1 saturated carbocycles. The molecule has 28 heavy (non-hydrogen) atoms. The van der Waals surface area contributed by atoms with E-state index in [1.54, 1.807) is 18.6 Å². The molecule has 4 rings (SSSR count). The van der Waals surface area contributed by atoms with Crippen molar-refractivity contribution >= 4 is 11.8 Å². The molecule has 2 atom stereocenters. The Morgan fingerprint density at radius 2 is 2.14 bits per heavy atom. The Morgan fingerprint density at radius 1 is 1.32 bits per heavy atom. The number of aryl methyl sites for hydroxylation is 2. The van der Waals surface area contributed by atoms with Crippen LogP contribution in [-0.2, 0) is 20.9 Å². The maximum atomic E-state index is 13.0. The molecule has 2 aliphatic rings. The molecule has 2 amide bonds. The van der Waals surface area contributed by atoms with Gasteiger partial charge in [0, 0.05) is 36.9 Å². The molecule has 0 radical (unpaired) electrons. The van der Waals surface area contributed by atoms with Gasteiger partial charge in [0.25, 0.3) is 5.91 Å². The van der Waals surface area contributed by atoms with Crippen LogP contribution >= 0.6 is 0 Å². The van der Waals surface area contributed by atoms with Crippen molar-refractivity contribution in [3.05, 3.63) is 59.2 Å². The van der Waals surface area contributed by atoms with Crippen LogP contribution in [-0.4, -0.2) is 45.4 Å². The van der Waals surface area contributed by atoms with Crippen molar-refractivity contribution in [1.29, 1.82) is 0 Å². The highest BCUT2D eigenvalue weighted by molar-refractivity contribution is 5.86. The Labute approximate surface area is 164 Å². The first-order valence-electron chi connectivity index (χ1n) is 9.57. The maximum Gasteiger partial charge on any atom is 0.251 e. The minimum Gasteiger partial charge on any atom is -0.356 e.